The van der Waals surface area contributed by atoms with Crippen molar-refractivity contribution < 1.29 is 29.0 Å². The maximum atomic E-state index is 12.6. The fraction of sp³-hybridized carbons (Fsp3) is 0.591. The summed E-state index contributed by atoms with van der Waals surface area (Å²) in [6, 6.07) is 0. The van der Waals surface area contributed by atoms with Crippen LogP contribution in [0.15, 0.2) is 34.9 Å². The van der Waals surface area contributed by atoms with Crippen LogP contribution in [0.3, 0.4) is 0 Å². The summed E-state index contributed by atoms with van der Waals surface area (Å²) in [7, 11) is 0. The van der Waals surface area contributed by atoms with Crippen molar-refractivity contribution in [1.82, 2.24) is 0 Å². The normalized spacial score (nSPS) is 29.0. The lowest BCUT2D eigenvalue weighted by atomic mass is 9.97. The molecule has 0 saturated carbocycles. The van der Waals surface area contributed by atoms with Gasteiger partial charge in [-0.1, -0.05) is 32.1 Å². The summed E-state index contributed by atoms with van der Waals surface area (Å²) in [5, 5.41) is 10.7. The highest BCUT2D eigenvalue weighted by Crippen LogP contribution is 2.20. The maximum Gasteiger partial charge on any atom is 0.334 e. The minimum absolute atomic E-state index is 0.0732. The van der Waals surface area contributed by atoms with Crippen molar-refractivity contribution in [2.75, 3.05) is 0 Å². The van der Waals surface area contributed by atoms with Gasteiger partial charge >= 0.3 is 11.9 Å². The first-order chi connectivity index (χ1) is 13.1. The molecule has 0 aliphatic carbocycles. The molecule has 0 aromatic carbocycles. The number of carbonyl (C=O) groups is 3. The third-order valence-electron chi connectivity index (χ3n) is 4.70. The number of rotatable bonds is 4. The van der Waals surface area contributed by atoms with Gasteiger partial charge in [-0.25, -0.2) is 4.79 Å². The van der Waals surface area contributed by atoms with Crippen molar-refractivity contribution in [3.8, 4) is 0 Å². The lowest BCUT2D eigenvalue weighted by Crippen LogP contribution is -2.39. The molecule has 0 amide bonds. The average molecular weight is 392 g/mol. The number of hydrogen-bond acceptors (Lipinski definition) is 6. The van der Waals surface area contributed by atoms with Gasteiger partial charge < -0.3 is 14.6 Å². The SMILES string of the molecule is C/C=C(/C)[C@H]1C/C=C(\C)[C@@H](O)[C@H](OC(=O)CC(C)C)C(=O)C/C=C(/C)C(=O)O1. The number of hydrogen-bond donors (Lipinski definition) is 1. The van der Waals surface area contributed by atoms with Crippen molar-refractivity contribution >= 4 is 17.7 Å². The first-order valence-electron chi connectivity index (χ1n) is 9.64. The number of ether oxygens (including phenoxy) is 2. The second-order valence-electron chi connectivity index (χ2n) is 7.62. The van der Waals surface area contributed by atoms with Gasteiger partial charge in [-0.05, 0) is 44.8 Å². The molecule has 6 heteroatoms. The molecule has 1 heterocycles. The number of carbonyl (C=O) groups excluding carboxylic acids is 3. The minimum Gasteiger partial charge on any atom is -0.454 e. The Morgan fingerprint density at radius 2 is 1.96 bits per heavy atom. The van der Waals surface area contributed by atoms with E-state index in [1.54, 1.807) is 19.9 Å². The van der Waals surface area contributed by atoms with Crippen LogP contribution in [0.5, 0.6) is 0 Å². The molecule has 1 aliphatic rings. The Bertz CT molecular complexity index is 683. The van der Waals surface area contributed by atoms with E-state index in [1.807, 2.05) is 33.8 Å². The smallest absolute Gasteiger partial charge is 0.334 e. The highest BCUT2D eigenvalue weighted by atomic mass is 16.6. The number of aliphatic hydroxyl groups is 1. The van der Waals surface area contributed by atoms with Crippen LogP contribution in [-0.4, -0.2) is 41.1 Å². The average Bonchev–Trinajstić information content (AvgIpc) is 2.63. The fourth-order valence-corrected chi connectivity index (χ4v) is 2.67. The lowest BCUT2D eigenvalue weighted by molar-refractivity contribution is -0.161. The van der Waals surface area contributed by atoms with Crippen molar-refractivity contribution in [2.24, 2.45) is 5.92 Å². The summed E-state index contributed by atoms with van der Waals surface area (Å²) in [6.45, 7) is 10.7. The van der Waals surface area contributed by atoms with Crippen molar-refractivity contribution in [3.63, 3.8) is 0 Å². The monoisotopic (exact) mass is 392 g/mol. The molecular formula is C22H32O6. The molecule has 0 aromatic rings. The van der Waals surface area contributed by atoms with Crippen LogP contribution < -0.4 is 0 Å². The molecule has 0 radical (unpaired) electrons. The molecule has 3 atom stereocenters. The van der Waals surface area contributed by atoms with Crippen LogP contribution in [0.25, 0.3) is 0 Å². The lowest BCUT2D eigenvalue weighted by Gasteiger charge is -2.24. The zero-order valence-corrected chi connectivity index (χ0v) is 17.7. The van der Waals surface area contributed by atoms with E-state index < -0.39 is 36.0 Å². The van der Waals surface area contributed by atoms with Gasteiger partial charge in [0.25, 0.3) is 0 Å². The van der Waals surface area contributed by atoms with E-state index in [-0.39, 0.29) is 18.8 Å². The summed E-state index contributed by atoms with van der Waals surface area (Å²) in [5.41, 5.74) is 1.67. The minimum atomic E-state index is -1.30. The Labute approximate surface area is 167 Å². The van der Waals surface area contributed by atoms with Crippen LogP contribution in [0.1, 0.15) is 60.8 Å². The molecule has 0 fully saturated rings. The highest BCUT2D eigenvalue weighted by Gasteiger charge is 2.32. The Kier molecular flexibility index (Phi) is 9.32. The third-order valence-corrected chi connectivity index (χ3v) is 4.70. The zero-order valence-electron chi connectivity index (χ0n) is 17.7. The standard InChI is InChI=1S/C22H32O6/c1-7-14(4)18-11-9-15(5)20(25)21(28-19(24)12-13(2)3)17(23)10-8-16(6)22(26)27-18/h7-9,13,18,20-21,25H,10-12H2,1-6H3/b14-7-,15-9+,16-8-/t18-,20-,21-/m1/s1. The van der Waals surface area contributed by atoms with Crippen LogP contribution in [0.2, 0.25) is 0 Å². The Balaban J connectivity index is 3.22. The summed E-state index contributed by atoms with van der Waals surface area (Å²) in [4.78, 5) is 37.0. The van der Waals surface area contributed by atoms with Crippen molar-refractivity contribution in [2.45, 2.75) is 79.1 Å². The van der Waals surface area contributed by atoms with E-state index in [2.05, 4.69) is 0 Å². The van der Waals surface area contributed by atoms with Gasteiger partial charge in [-0.3, -0.25) is 9.59 Å². The van der Waals surface area contributed by atoms with Gasteiger partial charge in [0.2, 0.25) is 0 Å². The first-order valence-corrected chi connectivity index (χ1v) is 9.64. The zero-order chi connectivity index (χ0) is 21.4. The van der Waals surface area contributed by atoms with Crippen LogP contribution in [0, 0.1) is 5.92 Å². The second-order valence-corrected chi connectivity index (χ2v) is 7.62. The number of cyclic esters (lactones) is 1. The molecule has 0 aromatic heterocycles. The molecule has 6 nitrogen and oxygen atoms in total. The number of aliphatic hydroxyl groups excluding tert-OH is 1. The number of esters is 2. The largest absolute Gasteiger partial charge is 0.454 e. The molecule has 0 unspecified atom stereocenters. The van der Waals surface area contributed by atoms with Crippen LogP contribution >= 0.6 is 0 Å². The van der Waals surface area contributed by atoms with E-state index >= 15 is 0 Å². The predicted octanol–water partition coefficient (Wildman–Crippen LogP) is 3.44. The van der Waals surface area contributed by atoms with E-state index in [4.69, 9.17) is 9.47 Å². The summed E-state index contributed by atoms with van der Waals surface area (Å²) in [6.07, 6.45) is 2.36. The van der Waals surface area contributed by atoms with E-state index in [1.165, 1.54) is 6.08 Å². The molecule has 1 N–H and O–H groups in total. The fourth-order valence-electron chi connectivity index (χ4n) is 2.67. The van der Waals surface area contributed by atoms with E-state index in [0.717, 1.165) is 5.57 Å². The van der Waals surface area contributed by atoms with Crippen molar-refractivity contribution in [1.29, 1.82) is 0 Å². The van der Waals surface area contributed by atoms with Gasteiger partial charge in [0.15, 0.2) is 11.9 Å². The molecule has 0 saturated heterocycles. The first kappa shape index (κ1) is 23.8. The molecule has 1 aliphatic heterocycles. The Morgan fingerprint density at radius 1 is 1.32 bits per heavy atom. The predicted molar refractivity (Wildman–Crippen MR) is 106 cm³/mol. The Morgan fingerprint density at radius 3 is 2.54 bits per heavy atom. The van der Waals surface area contributed by atoms with Gasteiger partial charge in [0.05, 0.1) is 0 Å². The molecule has 28 heavy (non-hydrogen) atoms. The summed E-state index contributed by atoms with van der Waals surface area (Å²) >= 11 is 0. The van der Waals surface area contributed by atoms with Gasteiger partial charge in [0.1, 0.15) is 12.2 Å². The molecule has 156 valence electrons. The maximum absolute atomic E-state index is 12.6. The van der Waals surface area contributed by atoms with E-state index in [9.17, 15) is 19.5 Å². The highest BCUT2D eigenvalue weighted by molar-refractivity contribution is 5.91. The molecular weight excluding hydrogens is 360 g/mol. The molecule has 0 bridgehead atoms. The number of Topliss-reactive ketones (excluding diaryl/α,β-unsaturated/α-hetero) is 1. The van der Waals surface area contributed by atoms with Gasteiger partial charge in [-0.2, -0.15) is 0 Å². The quantitative estimate of drug-likeness (QED) is 0.582. The van der Waals surface area contributed by atoms with Crippen LogP contribution in [-0.2, 0) is 23.9 Å². The third kappa shape index (κ3) is 7.08. The summed E-state index contributed by atoms with van der Waals surface area (Å²) in [5.74, 6) is -1.43. The molecule has 0 spiro atoms. The summed E-state index contributed by atoms with van der Waals surface area (Å²) < 4.78 is 10.9. The topological polar surface area (TPSA) is 89.9 Å². The number of ketones is 1. The van der Waals surface area contributed by atoms with Gasteiger partial charge in [0, 0.05) is 24.8 Å². The van der Waals surface area contributed by atoms with Crippen LogP contribution in [0.4, 0.5) is 0 Å². The van der Waals surface area contributed by atoms with Crippen molar-refractivity contribution in [3.05, 3.63) is 34.9 Å². The van der Waals surface area contributed by atoms with E-state index in [0.29, 0.717) is 17.6 Å². The molecule has 1 rings (SSSR count). The second kappa shape index (κ2) is 11.0. The van der Waals surface area contributed by atoms with Gasteiger partial charge in [-0.15, -0.1) is 0 Å². The Hall–Kier alpha value is -2.21. The number of allylic oxidation sites excluding steroid dienone is 2.